The highest BCUT2D eigenvalue weighted by molar-refractivity contribution is 9.10. The van der Waals surface area contributed by atoms with Gasteiger partial charge in [-0.05, 0) is 42.3 Å². The largest absolute Gasteiger partial charge is 0.364 e. The average Bonchev–Trinajstić information content (AvgIpc) is 2.44. The Kier molecular flexibility index (Phi) is 3.08. The van der Waals surface area contributed by atoms with E-state index in [1.165, 1.54) is 12.1 Å². The predicted molar refractivity (Wildman–Crippen MR) is 70.7 cm³/mol. The molecule has 1 aromatic rings. The molecular formula is C11H14Br2N2. The minimum Gasteiger partial charge on any atom is -0.364 e. The highest BCUT2D eigenvalue weighted by Gasteiger charge is 2.40. The number of hydrogen-bond donors (Lipinski definition) is 0. The summed E-state index contributed by atoms with van der Waals surface area (Å²) in [5.74, 6) is 0. The number of pyridine rings is 1. The van der Waals surface area contributed by atoms with E-state index in [0.29, 0.717) is 4.83 Å². The highest BCUT2D eigenvalue weighted by Crippen LogP contribution is 2.40. The van der Waals surface area contributed by atoms with Crippen molar-refractivity contribution in [2.75, 3.05) is 11.4 Å². The Morgan fingerprint density at radius 2 is 2.27 bits per heavy atom. The van der Waals surface area contributed by atoms with Crippen LogP contribution in [0.3, 0.4) is 0 Å². The van der Waals surface area contributed by atoms with Gasteiger partial charge in [0, 0.05) is 29.3 Å². The lowest BCUT2D eigenvalue weighted by atomic mass is 10.0. The summed E-state index contributed by atoms with van der Waals surface area (Å²) in [7, 11) is 0. The van der Waals surface area contributed by atoms with Crippen molar-refractivity contribution < 1.29 is 0 Å². The maximum atomic E-state index is 4.10. The average molecular weight is 334 g/mol. The molecule has 0 bridgehead atoms. The van der Waals surface area contributed by atoms with Crippen LogP contribution in [0.2, 0.25) is 0 Å². The Balaban J connectivity index is 2.37. The van der Waals surface area contributed by atoms with Crippen LogP contribution in [0, 0.1) is 0 Å². The fourth-order valence-electron chi connectivity index (χ4n) is 2.07. The number of rotatable bonds is 1. The zero-order valence-electron chi connectivity index (χ0n) is 8.87. The molecule has 0 spiro atoms. The molecule has 1 saturated heterocycles. The maximum Gasteiger partial charge on any atom is 0.0592 e. The van der Waals surface area contributed by atoms with Gasteiger partial charge in [-0.3, -0.25) is 4.98 Å². The van der Waals surface area contributed by atoms with E-state index in [-0.39, 0.29) is 5.54 Å². The van der Waals surface area contributed by atoms with Gasteiger partial charge in [0.2, 0.25) is 0 Å². The third kappa shape index (κ3) is 1.94. The lowest BCUT2D eigenvalue weighted by Gasteiger charge is -2.36. The summed E-state index contributed by atoms with van der Waals surface area (Å²) in [6.07, 6.45) is 4.88. The molecule has 0 N–H and O–H groups in total. The fourth-order valence-corrected chi connectivity index (χ4v) is 2.99. The van der Waals surface area contributed by atoms with Crippen molar-refractivity contribution in [3.8, 4) is 0 Å². The molecule has 1 fully saturated rings. The minimum absolute atomic E-state index is 0.157. The van der Waals surface area contributed by atoms with Gasteiger partial charge in [-0.1, -0.05) is 15.9 Å². The number of nitrogens with zero attached hydrogens (tertiary/aromatic N) is 2. The summed E-state index contributed by atoms with van der Waals surface area (Å²) < 4.78 is 1.07. The van der Waals surface area contributed by atoms with Crippen molar-refractivity contribution in [1.82, 2.24) is 4.98 Å². The second kappa shape index (κ2) is 4.06. The van der Waals surface area contributed by atoms with Crippen molar-refractivity contribution in [1.29, 1.82) is 0 Å². The van der Waals surface area contributed by atoms with E-state index in [2.05, 4.69) is 61.7 Å². The molecule has 0 amide bonds. The van der Waals surface area contributed by atoms with Crippen molar-refractivity contribution in [2.24, 2.45) is 0 Å². The quantitative estimate of drug-likeness (QED) is 0.730. The molecule has 1 aliphatic rings. The third-order valence-corrected chi connectivity index (χ3v) is 5.30. The maximum absolute atomic E-state index is 4.10. The van der Waals surface area contributed by atoms with Crippen LogP contribution < -0.4 is 4.90 Å². The summed E-state index contributed by atoms with van der Waals surface area (Å²) in [5, 5.41) is 0. The van der Waals surface area contributed by atoms with E-state index < -0.39 is 0 Å². The highest BCUT2D eigenvalue weighted by atomic mass is 79.9. The SMILES string of the molecule is CC1(C)C(Br)CCN1c1ccncc1Br. The van der Waals surface area contributed by atoms with Crippen LogP contribution in [0.25, 0.3) is 0 Å². The molecule has 0 saturated carbocycles. The van der Waals surface area contributed by atoms with Crippen LogP contribution >= 0.6 is 31.9 Å². The van der Waals surface area contributed by atoms with Crippen LogP contribution in [-0.2, 0) is 0 Å². The van der Waals surface area contributed by atoms with Gasteiger partial charge >= 0.3 is 0 Å². The topological polar surface area (TPSA) is 16.1 Å². The molecule has 4 heteroatoms. The zero-order valence-corrected chi connectivity index (χ0v) is 12.0. The lowest BCUT2D eigenvalue weighted by molar-refractivity contribution is 0.534. The Bertz CT molecular complexity index is 365. The number of halogens is 2. The van der Waals surface area contributed by atoms with Crippen LogP contribution in [0.15, 0.2) is 22.9 Å². The first-order chi connectivity index (χ1) is 7.03. The molecule has 15 heavy (non-hydrogen) atoms. The van der Waals surface area contributed by atoms with Crippen LogP contribution in [0.4, 0.5) is 5.69 Å². The molecule has 2 rings (SSSR count). The Labute approximate surface area is 107 Å². The molecule has 1 aliphatic heterocycles. The molecule has 1 unspecified atom stereocenters. The molecular weight excluding hydrogens is 320 g/mol. The van der Waals surface area contributed by atoms with E-state index in [0.717, 1.165) is 11.0 Å². The molecule has 0 aliphatic carbocycles. The van der Waals surface area contributed by atoms with Crippen molar-refractivity contribution in [2.45, 2.75) is 30.6 Å². The molecule has 0 aromatic carbocycles. The second-order valence-electron chi connectivity index (χ2n) is 4.39. The van der Waals surface area contributed by atoms with Crippen LogP contribution in [0.5, 0.6) is 0 Å². The first-order valence-corrected chi connectivity index (χ1v) is 6.75. The molecule has 2 heterocycles. The second-order valence-corrected chi connectivity index (χ2v) is 6.35. The Morgan fingerprint density at radius 3 is 2.80 bits per heavy atom. The van der Waals surface area contributed by atoms with Crippen molar-refractivity contribution in [3.05, 3.63) is 22.9 Å². The summed E-state index contributed by atoms with van der Waals surface area (Å²) >= 11 is 7.31. The zero-order chi connectivity index (χ0) is 11.1. The van der Waals surface area contributed by atoms with E-state index in [9.17, 15) is 0 Å². The van der Waals surface area contributed by atoms with Crippen LogP contribution in [0.1, 0.15) is 20.3 Å². The monoisotopic (exact) mass is 332 g/mol. The molecule has 82 valence electrons. The number of aromatic nitrogens is 1. The first-order valence-electron chi connectivity index (χ1n) is 5.04. The summed E-state index contributed by atoms with van der Waals surface area (Å²) in [6, 6.07) is 2.07. The summed E-state index contributed by atoms with van der Waals surface area (Å²) in [6.45, 7) is 5.63. The molecule has 2 nitrogen and oxygen atoms in total. The van der Waals surface area contributed by atoms with Gasteiger partial charge in [0.1, 0.15) is 0 Å². The van der Waals surface area contributed by atoms with E-state index in [4.69, 9.17) is 0 Å². The van der Waals surface area contributed by atoms with Crippen molar-refractivity contribution >= 4 is 37.5 Å². The van der Waals surface area contributed by atoms with Gasteiger partial charge < -0.3 is 4.90 Å². The molecule has 1 atom stereocenters. The van der Waals surface area contributed by atoms with Gasteiger partial charge in [-0.25, -0.2) is 0 Å². The molecule has 0 radical (unpaired) electrons. The van der Waals surface area contributed by atoms with Gasteiger partial charge in [0.15, 0.2) is 0 Å². The fraction of sp³-hybridized carbons (Fsp3) is 0.545. The van der Waals surface area contributed by atoms with E-state index in [1.807, 2.05) is 12.4 Å². The van der Waals surface area contributed by atoms with E-state index >= 15 is 0 Å². The Hall–Kier alpha value is -0.0900. The smallest absolute Gasteiger partial charge is 0.0592 e. The standard InChI is InChI=1S/C11H14Br2N2/c1-11(2)10(13)4-6-15(11)9-3-5-14-7-8(9)12/h3,5,7,10H,4,6H2,1-2H3. The Morgan fingerprint density at radius 1 is 1.53 bits per heavy atom. The number of alkyl halides is 1. The normalized spacial score (nSPS) is 24.5. The lowest BCUT2D eigenvalue weighted by Crippen LogP contribution is -2.43. The van der Waals surface area contributed by atoms with Gasteiger partial charge in [0.05, 0.1) is 10.2 Å². The summed E-state index contributed by atoms with van der Waals surface area (Å²) in [4.78, 5) is 7.07. The molecule has 1 aromatic heterocycles. The number of hydrogen-bond acceptors (Lipinski definition) is 2. The van der Waals surface area contributed by atoms with Gasteiger partial charge in [0.25, 0.3) is 0 Å². The van der Waals surface area contributed by atoms with Gasteiger partial charge in [-0.2, -0.15) is 0 Å². The van der Waals surface area contributed by atoms with E-state index in [1.54, 1.807) is 0 Å². The first kappa shape index (κ1) is 11.4. The summed E-state index contributed by atoms with van der Waals surface area (Å²) in [5.41, 5.74) is 1.39. The third-order valence-electron chi connectivity index (χ3n) is 3.11. The van der Waals surface area contributed by atoms with Gasteiger partial charge in [-0.15, -0.1) is 0 Å². The number of anilines is 1. The predicted octanol–water partition coefficient (Wildman–Crippen LogP) is 3.60. The van der Waals surface area contributed by atoms with Crippen molar-refractivity contribution in [3.63, 3.8) is 0 Å². The van der Waals surface area contributed by atoms with Crippen LogP contribution in [-0.4, -0.2) is 21.9 Å². The minimum atomic E-state index is 0.157.